The van der Waals surface area contributed by atoms with Crippen molar-refractivity contribution in [2.45, 2.75) is 20.4 Å². The van der Waals surface area contributed by atoms with Crippen LogP contribution < -0.4 is 5.43 Å². The van der Waals surface area contributed by atoms with Gasteiger partial charge in [-0.15, -0.1) is 0 Å². The van der Waals surface area contributed by atoms with E-state index in [4.69, 9.17) is 0 Å². The second kappa shape index (κ2) is 5.45. The van der Waals surface area contributed by atoms with Crippen LogP contribution in [0.5, 0.6) is 0 Å². The van der Waals surface area contributed by atoms with Crippen LogP contribution in [0.25, 0.3) is 22.4 Å². The third-order valence-electron chi connectivity index (χ3n) is 3.44. The summed E-state index contributed by atoms with van der Waals surface area (Å²) < 4.78 is 2.69. The highest BCUT2D eigenvalue weighted by Gasteiger charge is 2.16. The van der Waals surface area contributed by atoms with Crippen molar-refractivity contribution in [1.29, 1.82) is 0 Å². The van der Waals surface area contributed by atoms with Crippen molar-refractivity contribution in [3.63, 3.8) is 0 Å². The number of hydrogen-bond acceptors (Lipinski definition) is 2. The summed E-state index contributed by atoms with van der Waals surface area (Å²) in [4.78, 5) is 16.9. The Morgan fingerprint density at radius 1 is 1.24 bits per heavy atom. The summed E-state index contributed by atoms with van der Waals surface area (Å²) in [7, 11) is 0. The van der Waals surface area contributed by atoms with Gasteiger partial charge in [-0.3, -0.25) is 4.79 Å². The summed E-state index contributed by atoms with van der Waals surface area (Å²) in [5, 5.41) is 0. The second-order valence-electron chi connectivity index (χ2n) is 5.24. The zero-order chi connectivity index (χ0) is 15.0. The molecule has 0 bridgehead atoms. The molecule has 1 heterocycles. The Labute approximate surface area is 131 Å². The quantitative estimate of drug-likeness (QED) is 0.516. The molecule has 106 valence electrons. The zero-order valence-electron chi connectivity index (χ0n) is 11.9. The molecule has 0 saturated heterocycles. The minimum Gasteiger partial charge on any atom is -0.334 e. The van der Waals surface area contributed by atoms with Gasteiger partial charge < -0.3 is 4.57 Å². The monoisotopic (exact) mass is 342 g/mol. The summed E-state index contributed by atoms with van der Waals surface area (Å²) in [5.74, 6) is 0. The van der Waals surface area contributed by atoms with Gasteiger partial charge in [-0.05, 0) is 54.0 Å². The predicted octanol–water partition coefficient (Wildman–Crippen LogP) is 4.23. The van der Waals surface area contributed by atoms with Crippen LogP contribution in [0.15, 0.2) is 57.3 Å². The van der Waals surface area contributed by atoms with E-state index in [2.05, 4.69) is 45.4 Å². The third kappa shape index (κ3) is 2.51. The molecule has 0 aromatic heterocycles. The molecule has 3 rings (SSSR count). The van der Waals surface area contributed by atoms with Gasteiger partial charge in [0.1, 0.15) is 5.69 Å². The molecule has 0 fully saturated rings. The lowest BCUT2D eigenvalue weighted by Crippen LogP contribution is -2.15. The number of fused-ring (bicyclic) bond motifs is 2. The fraction of sp³-hybridized carbons (Fsp3) is 0.176. The minimum absolute atomic E-state index is 0.0656. The van der Waals surface area contributed by atoms with Gasteiger partial charge in [0.15, 0.2) is 0 Å². The highest BCUT2D eigenvalue weighted by atomic mass is 79.9. The number of halogens is 1. The molecule has 1 aromatic rings. The summed E-state index contributed by atoms with van der Waals surface area (Å²) >= 11 is 3.29. The van der Waals surface area contributed by atoms with Gasteiger partial charge in [-0.1, -0.05) is 23.8 Å². The number of allylic oxidation sites excluding steroid dienone is 2. The molecule has 2 aliphatic rings. The van der Waals surface area contributed by atoms with Crippen molar-refractivity contribution >= 4 is 27.0 Å². The Bertz CT molecular complexity index is 876. The van der Waals surface area contributed by atoms with Crippen LogP contribution in [0.4, 0.5) is 0 Å². The molecule has 1 aromatic carbocycles. The predicted molar refractivity (Wildman–Crippen MR) is 89.8 cm³/mol. The van der Waals surface area contributed by atoms with Crippen LogP contribution >= 0.6 is 15.9 Å². The van der Waals surface area contributed by atoms with Crippen LogP contribution in [0.3, 0.4) is 0 Å². The molecule has 0 N–H and O–H groups in total. The highest BCUT2D eigenvalue weighted by Crippen LogP contribution is 2.24. The van der Waals surface area contributed by atoms with E-state index in [0.717, 1.165) is 23.3 Å². The van der Waals surface area contributed by atoms with E-state index >= 15 is 0 Å². The number of benzene rings is 2. The van der Waals surface area contributed by atoms with E-state index in [9.17, 15) is 4.79 Å². The van der Waals surface area contributed by atoms with Crippen LogP contribution in [0.2, 0.25) is 0 Å². The van der Waals surface area contributed by atoms with Crippen molar-refractivity contribution in [2.24, 2.45) is 0 Å². The molecule has 0 radical (unpaired) electrons. The first-order chi connectivity index (χ1) is 10.1. The molecular formula is C17H15BrN2O. The van der Waals surface area contributed by atoms with Crippen LogP contribution in [-0.4, -0.2) is 9.55 Å². The number of rotatable bonds is 2. The van der Waals surface area contributed by atoms with E-state index in [1.54, 1.807) is 6.07 Å². The van der Waals surface area contributed by atoms with E-state index in [-0.39, 0.29) is 5.43 Å². The van der Waals surface area contributed by atoms with Crippen molar-refractivity contribution in [3.8, 4) is 11.4 Å². The van der Waals surface area contributed by atoms with Gasteiger partial charge in [-0.2, -0.15) is 0 Å². The minimum atomic E-state index is -0.0656. The summed E-state index contributed by atoms with van der Waals surface area (Å²) in [6.07, 6.45) is 2.15. The third-order valence-corrected chi connectivity index (χ3v) is 4.06. The van der Waals surface area contributed by atoms with Gasteiger partial charge in [0.2, 0.25) is 5.43 Å². The van der Waals surface area contributed by atoms with Crippen LogP contribution in [-0.2, 0) is 6.54 Å². The Morgan fingerprint density at radius 2 is 2.00 bits per heavy atom. The first kappa shape index (κ1) is 14.0. The maximum absolute atomic E-state index is 12.3. The average molecular weight is 343 g/mol. The molecule has 0 atom stereocenters. The van der Waals surface area contributed by atoms with E-state index in [1.807, 2.05) is 30.3 Å². The first-order valence-electron chi connectivity index (χ1n) is 6.79. The van der Waals surface area contributed by atoms with Crippen molar-refractivity contribution < 1.29 is 0 Å². The lowest BCUT2D eigenvalue weighted by Gasteiger charge is -2.17. The molecule has 0 unspecified atom stereocenters. The zero-order valence-corrected chi connectivity index (χ0v) is 13.5. The van der Waals surface area contributed by atoms with E-state index in [0.29, 0.717) is 10.2 Å². The van der Waals surface area contributed by atoms with Gasteiger partial charge in [-0.25, -0.2) is 4.98 Å². The van der Waals surface area contributed by atoms with Gasteiger partial charge >= 0.3 is 0 Å². The Morgan fingerprint density at radius 3 is 2.76 bits per heavy atom. The van der Waals surface area contributed by atoms with Gasteiger partial charge in [0.25, 0.3) is 0 Å². The van der Waals surface area contributed by atoms with Gasteiger partial charge in [0, 0.05) is 6.54 Å². The Hall–Kier alpha value is -1.94. The SMILES string of the molecule is CC(C)=CCn1c2ccc(Br)c(=O)c-2nc2ccccc21. The lowest BCUT2D eigenvalue weighted by atomic mass is 10.1. The fourth-order valence-electron chi connectivity index (χ4n) is 2.37. The molecule has 1 aliphatic carbocycles. The molecule has 0 spiro atoms. The summed E-state index contributed by atoms with van der Waals surface area (Å²) in [6, 6.07) is 11.6. The lowest BCUT2D eigenvalue weighted by molar-refractivity contribution is 0.844. The Kier molecular flexibility index (Phi) is 3.64. The second-order valence-corrected chi connectivity index (χ2v) is 6.09. The van der Waals surface area contributed by atoms with Crippen molar-refractivity contribution in [2.75, 3.05) is 0 Å². The van der Waals surface area contributed by atoms with Gasteiger partial charge in [0.05, 0.1) is 21.2 Å². The number of nitrogens with zero attached hydrogens (tertiary/aromatic N) is 2. The summed E-state index contributed by atoms with van der Waals surface area (Å²) in [6.45, 7) is 4.87. The molecule has 21 heavy (non-hydrogen) atoms. The number of aromatic nitrogens is 2. The van der Waals surface area contributed by atoms with E-state index < -0.39 is 0 Å². The molecular weight excluding hydrogens is 328 g/mol. The molecule has 3 nitrogen and oxygen atoms in total. The number of para-hydroxylation sites is 2. The summed E-state index contributed by atoms with van der Waals surface area (Å²) in [5.41, 5.74) is 4.41. The van der Waals surface area contributed by atoms with Crippen molar-refractivity contribution in [3.05, 3.63) is 62.7 Å². The highest BCUT2D eigenvalue weighted by molar-refractivity contribution is 9.10. The molecule has 4 heteroatoms. The van der Waals surface area contributed by atoms with Crippen molar-refractivity contribution in [1.82, 2.24) is 9.55 Å². The van der Waals surface area contributed by atoms with Crippen LogP contribution in [0.1, 0.15) is 13.8 Å². The Balaban J connectivity index is 2.41. The van der Waals surface area contributed by atoms with E-state index in [1.165, 1.54) is 5.57 Å². The maximum atomic E-state index is 12.3. The largest absolute Gasteiger partial charge is 0.334 e. The number of hydrogen-bond donors (Lipinski definition) is 0. The fourth-order valence-corrected chi connectivity index (χ4v) is 2.69. The molecule has 0 saturated carbocycles. The maximum Gasteiger partial charge on any atom is 0.220 e. The molecule has 1 aliphatic heterocycles. The smallest absolute Gasteiger partial charge is 0.220 e. The standard InChI is InChI=1S/C17H15BrN2O/c1-11(2)9-10-20-14-6-4-3-5-13(14)19-16-15(20)8-7-12(18)17(16)21/h3-9H,10H2,1-2H3. The normalized spacial score (nSPS) is 11.0. The molecule has 0 amide bonds. The topological polar surface area (TPSA) is 34.9 Å². The first-order valence-corrected chi connectivity index (χ1v) is 7.58. The average Bonchev–Trinajstić information content (AvgIpc) is 2.48. The van der Waals surface area contributed by atoms with Crippen LogP contribution in [0, 0.1) is 0 Å².